The molecule has 1 aromatic rings. The fourth-order valence-electron chi connectivity index (χ4n) is 2.20. The van der Waals surface area contributed by atoms with E-state index in [1.54, 1.807) is 18.2 Å². The number of fused-ring (bicyclic) bond motifs is 1. The summed E-state index contributed by atoms with van der Waals surface area (Å²) in [4.78, 5) is 21.2. The van der Waals surface area contributed by atoms with Gasteiger partial charge in [0.2, 0.25) is 0 Å². The van der Waals surface area contributed by atoms with Crippen LogP contribution in [0.3, 0.4) is 0 Å². The molecule has 22 heavy (non-hydrogen) atoms. The Morgan fingerprint density at radius 2 is 2.09 bits per heavy atom. The van der Waals surface area contributed by atoms with Gasteiger partial charge in [-0.3, -0.25) is 19.3 Å². The molecule has 7 nitrogen and oxygen atoms in total. The Balaban J connectivity index is 2.44. The second-order valence-corrected chi connectivity index (χ2v) is 6.73. The van der Waals surface area contributed by atoms with Gasteiger partial charge in [0.05, 0.1) is 12.0 Å². The van der Waals surface area contributed by atoms with E-state index in [0.717, 1.165) is 0 Å². The summed E-state index contributed by atoms with van der Waals surface area (Å²) in [6.45, 7) is 3.81. The molecule has 2 atom stereocenters. The van der Waals surface area contributed by atoms with E-state index in [0.29, 0.717) is 12.0 Å². The molecule has 2 N–H and O–H groups in total. The van der Waals surface area contributed by atoms with Crippen molar-refractivity contribution in [1.82, 2.24) is 10.2 Å². The topological polar surface area (TPSA) is 96.9 Å². The van der Waals surface area contributed by atoms with Crippen molar-refractivity contribution in [3.63, 3.8) is 0 Å². The quantitative estimate of drug-likeness (QED) is 0.783. The lowest BCUT2D eigenvalue weighted by molar-refractivity contribution is -0.133. The van der Waals surface area contributed by atoms with Crippen LogP contribution >= 0.6 is 0 Å². The van der Waals surface area contributed by atoms with Crippen LogP contribution in [-0.2, 0) is 19.7 Å². The lowest BCUT2D eigenvalue weighted by Gasteiger charge is -2.18. The summed E-state index contributed by atoms with van der Waals surface area (Å²) in [6, 6.07) is 5.80. The van der Waals surface area contributed by atoms with Crippen molar-refractivity contribution in [2.75, 3.05) is 7.11 Å². The molecule has 0 unspecified atom stereocenters. The lowest BCUT2D eigenvalue weighted by Crippen LogP contribution is -2.38. The summed E-state index contributed by atoms with van der Waals surface area (Å²) >= 11 is 0. The molecule has 0 saturated heterocycles. The zero-order valence-corrected chi connectivity index (χ0v) is 13.5. The number of amides is 1. The van der Waals surface area contributed by atoms with E-state index in [2.05, 4.69) is 20.0 Å². The van der Waals surface area contributed by atoms with Crippen LogP contribution in [0.1, 0.15) is 25.8 Å². The summed E-state index contributed by atoms with van der Waals surface area (Å²) in [7, 11) is -2.27. The number of nitrogens with one attached hydrogen (secondary N) is 2. The number of hydrogen-bond acceptors (Lipinski definition) is 5. The molecule has 1 heterocycles. The number of aliphatic imine (C=N–C) groups is 1. The van der Waals surface area contributed by atoms with Crippen LogP contribution in [0.5, 0.6) is 0 Å². The first-order chi connectivity index (χ1) is 10.4. The van der Waals surface area contributed by atoms with Gasteiger partial charge in [-0.1, -0.05) is 32.4 Å². The highest BCUT2D eigenvalue weighted by Gasteiger charge is 2.33. The zero-order chi connectivity index (χ0) is 16.3. The molecule has 1 aromatic carbocycles. The van der Waals surface area contributed by atoms with Crippen LogP contribution < -0.4 is 10.2 Å². The molecule has 2 rings (SSSR count). The van der Waals surface area contributed by atoms with Crippen LogP contribution in [0.25, 0.3) is 0 Å². The van der Waals surface area contributed by atoms with Crippen LogP contribution in [0.4, 0.5) is 0 Å². The van der Waals surface area contributed by atoms with E-state index in [9.17, 15) is 13.2 Å². The molecular weight excluding hydrogens is 306 g/mol. The van der Waals surface area contributed by atoms with Gasteiger partial charge in [0.1, 0.15) is 11.9 Å². The Morgan fingerprint density at radius 1 is 1.41 bits per heavy atom. The normalized spacial score (nSPS) is 20.0. The second-order valence-electron chi connectivity index (χ2n) is 5.08. The molecule has 8 heteroatoms. The third-order valence-corrected chi connectivity index (χ3v) is 4.98. The molecule has 0 aliphatic carbocycles. The number of benzene rings is 1. The maximum atomic E-state index is 12.1. The predicted molar refractivity (Wildman–Crippen MR) is 81.7 cm³/mol. The fourth-order valence-corrected chi connectivity index (χ4v) is 3.44. The molecule has 0 aromatic heterocycles. The van der Waals surface area contributed by atoms with Crippen molar-refractivity contribution < 1.29 is 18.0 Å². The van der Waals surface area contributed by atoms with Gasteiger partial charge in [-0.15, -0.1) is 0 Å². The largest absolute Gasteiger partial charge is 0.277 e. The highest BCUT2D eigenvalue weighted by atomic mass is 32.2. The first-order valence-electron chi connectivity index (χ1n) is 6.93. The van der Waals surface area contributed by atoms with E-state index in [1.165, 1.54) is 13.2 Å². The van der Waals surface area contributed by atoms with Crippen LogP contribution in [0.2, 0.25) is 0 Å². The molecule has 120 valence electrons. The molecule has 0 spiro atoms. The smallest absolute Gasteiger partial charge is 0.268 e. The number of hydroxylamine groups is 1. The van der Waals surface area contributed by atoms with Crippen molar-refractivity contribution in [3.8, 4) is 0 Å². The maximum Gasteiger partial charge on any atom is 0.268 e. The average molecular weight is 325 g/mol. The molecule has 0 fully saturated rings. The van der Waals surface area contributed by atoms with Crippen LogP contribution in [-0.4, -0.2) is 33.3 Å². The summed E-state index contributed by atoms with van der Waals surface area (Å²) in [5.74, 6) is -0.292. The maximum absolute atomic E-state index is 12.1. The second kappa shape index (κ2) is 6.45. The number of hydrogen-bond donors (Lipinski definition) is 2. The van der Waals surface area contributed by atoms with E-state index < -0.39 is 22.0 Å². The Bertz CT molecular complexity index is 700. The fraction of sp³-hybridized carbons (Fsp3) is 0.429. The summed E-state index contributed by atoms with van der Waals surface area (Å²) < 4.78 is 26.5. The van der Waals surface area contributed by atoms with Crippen LogP contribution in [0, 0.1) is 5.92 Å². The third-order valence-electron chi connectivity index (χ3n) is 3.59. The summed E-state index contributed by atoms with van der Waals surface area (Å²) in [5.41, 5.74) is 2.73. The van der Waals surface area contributed by atoms with Crippen LogP contribution in [0.15, 0.2) is 34.2 Å². The third kappa shape index (κ3) is 3.12. The van der Waals surface area contributed by atoms with E-state index >= 15 is 0 Å². The molecule has 1 aliphatic rings. The summed E-state index contributed by atoms with van der Waals surface area (Å²) in [6.07, 6.45) is 0.715. The van der Waals surface area contributed by atoms with Gasteiger partial charge in [-0.05, 0) is 18.1 Å². The van der Waals surface area contributed by atoms with E-state index in [4.69, 9.17) is 0 Å². The molecule has 0 radical (unpaired) electrons. The molecule has 0 saturated carbocycles. The van der Waals surface area contributed by atoms with Crippen molar-refractivity contribution in [2.24, 2.45) is 10.9 Å². The standard InChI is InChI=1S/C14H19N3O4S/c1-4-9(2)12(14(18)16-21-3)15-13-10-7-5-6-8-11(10)22(19,20)17-13/h5-9,12H,4H2,1-3H3,(H,15,17)(H,16,18)/t9-,12-/m0/s1. The number of amidine groups is 1. The lowest BCUT2D eigenvalue weighted by atomic mass is 9.99. The van der Waals surface area contributed by atoms with Crippen molar-refractivity contribution in [3.05, 3.63) is 29.8 Å². The van der Waals surface area contributed by atoms with Crippen molar-refractivity contribution in [1.29, 1.82) is 0 Å². The van der Waals surface area contributed by atoms with Crippen molar-refractivity contribution in [2.45, 2.75) is 31.2 Å². The number of rotatable bonds is 5. The van der Waals surface area contributed by atoms with Gasteiger partial charge in [-0.25, -0.2) is 13.9 Å². The highest BCUT2D eigenvalue weighted by Crippen LogP contribution is 2.23. The minimum absolute atomic E-state index is 0.0695. The molecule has 0 bridgehead atoms. The Hall–Kier alpha value is -1.93. The average Bonchev–Trinajstić information content (AvgIpc) is 2.76. The predicted octanol–water partition coefficient (Wildman–Crippen LogP) is 0.817. The Morgan fingerprint density at radius 3 is 2.73 bits per heavy atom. The summed E-state index contributed by atoms with van der Waals surface area (Å²) in [5, 5.41) is 0. The Kier molecular flexibility index (Phi) is 4.82. The number of carbonyl (C=O) groups is 1. The molecule has 1 aliphatic heterocycles. The van der Waals surface area contributed by atoms with Gasteiger partial charge in [-0.2, -0.15) is 0 Å². The minimum atomic E-state index is -3.61. The Labute approximate surface area is 129 Å². The number of carbonyl (C=O) groups excluding carboxylic acids is 1. The van der Waals surface area contributed by atoms with Crippen molar-refractivity contribution >= 4 is 21.8 Å². The highest BCUT2D eigenvalue weighted by molar-refractivity contribution is 7.90. The molecule has 1 amide bonds. The van der Waals surface area contributed by atoms with E-state index in [1.807, 2.05) is 13.8 Å². The zero-order valence-electron chi connectivity index (χ0n) is 12.7. The van der Waals surface area contributed by atoms with Gasteiger partial charge >= 0.3 is 0 Å². The van der Waals surface area contributed by atoms with Gasteiger partial charge in [0.15, 0.2) is 0 Å². The van der Waals surface area contributed by atoms with Gasteiger partial charge in [0.25, 0.3) is 15.9 Å². The number of sulfonamides is 1. The van der Waals surface area contributed by atoms with E-state index in [-0.39, 0.29) is 16.6 Å². The molecular formula is C14H19N3O4S. The van der Waals surface area contributed by atoms with Gasteiger partial charge < -0.3 is 0 Å². The first kappa shape index (κ1) is 16.4. The SMILES string of the molecule is CC[C@H](C)[C@H](N=C1NS(=O)(=O)c2ccccc21)C(=O)NOC. The monoisotopic (exact) mass is 325 g/mol. The number of nitrogens with zero attached hydrogens (tertiary/aromatic N) is 1. The minimum Gasteiger partial charge on any atom is -0.277 e. The van der Waals surface area contributed by atoms with Gasteiger partial charge in [0, 0.05) is 5.56 Å². The first-order valence-corrected chi connectivity index (χ1v) is 8.42.